The number of fused-ring (bicyclic) bond motifs is 3. The molecule has 0 amide bonds. The largest absolute Gasteiger partial charge is 0.493 e. The molecule has 0 saturated heterocycles. The molecule has 0 bridgehead atoms. The second kappa shape index (κ2) is 7.57. The minimum Gasteiger partial charge on any atom is -0.493 e. The van der Waals surface area contributed by atoms with Gasteiger partial charge in [-0.3, -0.25) is 0 Å². The summed E-state index contributed by atoms with van der Waals surface area (Å²) in [5.41, 5.74) is 4.07. The lowest BCUT2D eigenvalue weighted by Gasteiger charge is -2.09. The summed E-state index contributed by atoms with van der Waals surface area (Å²) in [5, 5.41) is 2.75. The summed E-state index contributed by atoms with van der Waals surface area (Å²) in [5.74, 6) is 1.05. The number of rotatable bonds is 7. The number of hydrogen-bond acceptors (Lipinski definition) is 2. The van der Waals surface area contributed by atoms with E-state index in [0.717, 1.165) is 18.8 Å². The van der Waals surface area contributed by atoms with Crippen LogP contribution in [-0.2, 0) is 0 Å². The Morgan fingerprint density at radius 3 is 2.21 bits per heavy atom. The van der Waals surface area contributed by atoms with E-state index in [9.17, 15) is 0 Å². The average molecular weight is 341 g/mol. The van der Waals surface area contributed by atoms with Crippen molar-refractivity contribution in [2.45, 2.75) is 59.8 Å². The molecule has 0 spiro atoms. The van der Waals surface area contributed by atoms with E-state index in [0.29, 0.717) is 0 Å². The summed E-state index contributed by atoms with van der Waals surface area (Å²) < 4.78 is 8.88. The molecular weight excluding hydrogens is 312 g/mol. The molecule has 0 unspecified atom stereocenters. The standard InChI is InChI=1S/C22H28OS/c1-5-6-7-8-9-14-23-20-13-12-19-18-11-10-15(2)16(3)21(18)24-22(19)17(20)4/h10-13H,5-9,14H2,1-4H3. The molecule has 3 rings (SSSR count). The smallest absolute Gasteiger partial charge is 0.123 e. The Hall–Kier alpha value is -1.54. The van der Waals surface area contributed by atoms with Crippen LogP contribution < -0.4 is 4.74 Å². The van der Waals surface area contributed by atoms with Crippen molar-refractivity contribution in [1.29, 1.82) is 0 Å². The zero-order valence-electron chi connectivity index (χ0n) is 15.4. The van der Waals surface area contributed by atoms with E-state index >= 15 is 0 Å². The third kappa shape index (κ3) is 3.30. The molecule has 0 aliphatic heterocycles. The molecule has 1 heterocycles. The zero-order chi connectivity index (χ0) is 17.1. The van der Waals surface area contributed by atoms with E-state index in [1.54, 1.807) is 0 Å². The van der Waals surface area contributed by atoms with Gasteiger partial charge >= 0.3 is 0 Å². The number of aryl methyl sites for hydroxylation is 3. The summed E-state index contributed by atoms with van der Waals surface area (Å²) in [4.78, 5) is 0. The summed E-state index contributed by atoms with van der Waals surface area (Å²) >= 11 is 1.91. The van der Waals surface area contributed by atoms with Crippen molar-refractivity contribution in [3.63, 3.8) is 0 Å². The molecule has 1 nitrogen and oxygen atoms in total. The van der Waals surface area contributed by atoms with Crippen molar-refractivity contribution >= 4 is 31.5 Å². The van der Waals surface area contributed by atoms with Crippen LogP contribution in [0.1, 0.15) is 55.7 Å². The lowest BCUT2D eigenvalue weighted by atomic mass is 10.0. The van der Waals surface area contributed by atoms with Gasteiger partial charge in [-0.1, -0.05) is 44.7 Å². The van der Waals surface area contributed by atoms with Crippen molar-refractivity contribution in [1.82, 2.24) is 0 Å². The first-order chi connectivity index (χ1) is 11.6. The average Bonchev–Trinajstić information content (AvgIpc) is 2.96. The molecule has 1 aromatic heterocycles. The monoisotopic (exact) mass is 340 g/mol. The summed E-state index contributed by atoms with van der Waals surface area (Å²) in [6, 6.07) is 8.90. The molecule has 2 aromatic carbocycles. The molecule has 0 radical (unpaired) electrons. The maximum atomic E-state index is 6.08. The quantitative estimate of drug-likeness (QED) is 0.409. The lowest BCUT2D eigenvalue weighted by Crippen LogP contribution is -1.98. The molecule has 0 atom stereocenters. The number of hydrogen-bond donors (Lipinski definition) is 0. The van der Waals surface area contributed by atoms with E-state index < -0.39 is 0 Å². The molecule has 24 heavy (non-hydrogen) atoms. The van der Waals surface area contributed by atoms with Gasteiger partial charge in [0.15, 0.2) is 0 Å². The van der Waals surface area contributed by atoms with Gasteiger partial charge in [-0.2, -0.15) is 0 Å². The maximum absolute atomic E-state index is 6.08. The highest BCUT2D eigenvalue weighted by Crippen LogP contribution is 2.41. The maximum Gasteiger partial charge on any atom is 0.123 e. The predicted molar refractivity (Wildman–Crippen MR) is 108 cm³/mol. The fraction of sp³-hybridized carbons (Fsp3) is 0.455. The van der Waals surface area contributed by atoms with Crippen LogP contribution in [-0.4, -0.2) is 6.61 Å². The topological polar surface area (TPSA) is 9.23 Å². The zero-order valence-corrected chi connectivity index (χ0v) is 16.2. The highest BCUT2D eigenvalue weighted by Gasteiger charge is 2.13. The van der Waals surface area contributed by atoms with E-state index in [1.807, 2.05) is 11.3 Å². The number of unbranched alkanes of at least 4 members (excludes halogenated alkanes) is 4. The number of thiophene rings is 1. The molecule has 128 valence electrons. The van der Waals surface area contributed by atoms with Gasteiger partial charge in [0.2, 0.25) is 0 Å². The van der Waals surface area contributed by atoms with Crippen molar-refractivity contribution in [2.24, 2.45) is 0 Å². The van der Waals surface area contributed by atoms with Gasteiger partial charge in [-0.05, 0) is 50.5 Å². The highest BCUT2D eigenvalue weighted by molar-refractivity contribution is 7.26. The second-order valence-electron chi connectivity index (χ2n) is 6.81. The normalized spacial score (nSPS) is 11.5. The van der Waals surface area contributed by atoms with Crippen LogP contribution in [0.5, 0.6) is 5.75 Å². The number of ether oxygens (including phenoxy) is 1. The molecule has 0 fully saturated rings. The van der Waals surface area contributed by atoms with Crippen LogP contribution >= 0.6 is 11.3 Å². The fourth-order valence-corrected chi connectivity index (χ4v) is 4.64. The third-order valence-electron chi connectivity index (χ3n) is 5.03. The molecule has 3 aromatic rings. The molecule has 2 heteroatoms. The fourth-order valence-electron chi connectivity index (χ4n) is 3.30. The van der Waals surface area contributed by atoms with Crippen molar-refractivity contribution < 1.29 is 4.74 Å². The van der Waals surface area contributed by atoms with Gasteiger partial charge in [0.05, 0.1) is 6.61 Å². The van der Waals surface area contributed by atoms with Crippen LogP contribution in [0.3, 0.4) is 0 Å². The van der Waals surface area contributed by atoms with Gasteiger partial charge in [0.25, 0.3) is 0 Å². The summed E-state index contributed by atoms with van der Waals surface area (Å²) in [6.07, 6.45) is 6.39. The Kier molecular flexibility index (Phi) is 5.45. The van der Waals surface area contributed by atoms with Crippen LogP contribution in [0, 0.1) is 20.8 Å². The van der Waals surface area contributed by atoms with Gasteiger partial charge in [0.1, 0.15) is 5.75 Å². The minimum atomic E-state index is 0.832. The summed E-state index contributed by atoms with van der Waals surface area (Å²) in [6.45, 7) is 9.71. The Morgan fingerprint density at radius 2 is 1.46 bits per heavy atom. The first kappa shape index (κ1) is 17.3. The first-order valence-corrected chi connectivity index (χ1v) is 10.00. The van der Waals surface area contributed by atoms with Crippen molar-refractivity contribution in [3.8, 4) is 5.75 Å². The van der Waals surface area contributed by atoms with Crippen LogP contribution in [0.4, 0.5) is 0 Å². The molecular formula is C22H28OS. The van der Waals surface area contributed by atoms with Crippen LogP contribution in [0.25, 0.3) is 20.2 Å². The van der Waals surface area contributed by atoms with Gasteiger partial charge < -0.3 is 4.74 Å². The van der Waals surface area contributed by atoms with Crippen LogP contribution in [0.2, 0.25) is 0 Å². The van der Waals surface area contributed by atoms with Gasteiger partial charge in [-0.15, -0.1) is 11.3 Å². The SMILES string of the molecule is CCCCCCCOc1ccc2c(sc3c(C)c(C)ccc32)c1C. The highest BCUT2D eigenvalue weighted by atomic mass is 32.1. The summed E-state index contributed by atoms with van der Waals surface area (Å²) in [7, 11) is 0. The molecule has 0 N–H and O–H groups in total. The molecule has 0 aliphatic carbocycles. The molecule has 0 saturated carbocycles. The van der Waals surface area contributed by atoms with E-state index in [1.165, 1.54) is 62.5 Å². The van der Waals surface area contributed by atoms with Gasteiger partial charge in [0, 0.05) is 25.7 Å². The second-order valence-corrected chi connectivity index (χ2v) is 7.83. The van der Waals surface area contributed by atoms with Crippen LogP contribution in [0.15, 0.2) is 24.3 Å². The first-order valence-electron chi connectivity index (χ1n) is 9.18. The number of benzene rings is 2. The third-order valence-corrected chi connectivity index (χ3v) is 6.49. The lowest BCUT2D eigenvalue weighted by molar-refractivity contribution is 0.303. The van der Waals surface area contributed by atoms with E-state index in [-0.39, 0.29) is 0 Å². The minimum absolute atomic E-state index is 0.832. The Labute approximate surface area is 149 Å². The Bertz CT molecular complexity index is 844. The van der Waals surface area contributed by atoms with E-state index in [2.05, 4.69) is 52.0 Å². The van der Waals surface area contributed by atoms with Gasteiger partial charge in [-0.25, -0.2) is 0 Å². The Balaban J connectivity index is 1.83. The predicted octanol–water partition coefficient (Wildman–Crippen LogP) is 7.33. The van der Waals surface area contributed by atoms with E-state index in [4.69, 9.17) is 4.74 Å². The molecule has 0 aliphatic rings. The Morgan fingerprint density at radius 1 is 0.792 bits per heavy atom. The van der Waals surface area contributed by atoms with Crippen molar-refractivity contribution in [3.05, 3.63) is 41.0 Å². The van der Waals surface area contributed by atoms with Crippen molar-refractivity contribution in [2.75, 3.05) is 6.61 Å².